The SMILES string of the molecule is Cc1ccc(-c2cc(N)n[nH]2)c2ccccc12. The highest BCUT2D eigenvalue weighted by Gasteiger charge is 2.07. The van der Waals surface area contributed by atoms with Crippen molar-refractivity contribution in [1.82, 2.24) is 10.2 Å². The lowest BCUT2D eigenvalue weighted by atomic mass is 9.98. The number of nitrogens with two attached hydrogens (primary N) is 1. The number of H-pyrrole nitrogens is 1. The maximum Gasteiger partial charge on any atom is 0.145 e. The van der Waals surface area contributed by atoms with Crippen molar-refractivity contribution in [3.63, 3.8) is 0 Å². The highest BCUT2D eigenvalue weighted by Crippen LogP contribution is 2.29. The van der Waals surface area contributed by atoms with Crippen LogP contribution < -0.4 is 5.73 Å². The van der Waals surface area contributed by atoms with Crippen LogP contribution in [0.4, 0.5) is 5.82 Å². The quantitative estimate of drug-likeness (QED) is 0.666. The first-order valence-electron chi connectivity index (χ1n) is 5.55. The zero-order valence-electron chi connectivity index (χ0n) is 9.57. The zero-order valence-corrected chi connectivity index (χ0v) is 9.57. The predicted molar refractivity (Wildman–Crippen MR) is 70.7 cm³/mol. The van der Waals surface area contributed by atoms with Gasteiger partial charge in [-0.2, -0.15) is 5.10 Å². The average Bonchev–Trinajstić information content (AvgIpc) is 2.77. The molecule has 0 atom stereocenters. The summed E-state index contributed by atoms with van der Waals surface area (Å²) in [7, 11) is 0. The van der Waals surface area contributed by atoms with Gasteiger partial charge >= 0.3 is 0 Å². The summed E-state index contributed by atoms with van der Waals surface area (Å²) >= 11 is 0. The van der Waals surface area contributed by atoms with E-state index in [0.29, 0.717) is 5.82 Å². The van der Waals surface area contributed by atoms with Crippen molar-refractivity contribution in [3.05, 3.63) is 48.0 Å². The second-order valence-corrected chi connectivity index (χ2v) is 4.18. The molecule has 3 N–H and O–H groups in total. The Bertz CT molecular complexity index is 683. The molecule has 0 spiro atoms. The van der Waals surface area contributed by atoms with Gasteiger partial charge in [0, 0.05) is 11.6 Å². The van der Waals surface area contributed by atoms with Crippen LogP contribution in [0.2, 0.25) is 0 Å². The summed E-state index contributed by atoms with van der Waals surface area (Å²) in [4.78, 5) is 0. The summed E-state index contributed by atoms with van der Waals surface area (Å²) in [6.45, 7) is 2.12. The summed E-state index contributed by atoms with van der Waals surface area (Å²) in [5, 5.41) is 9.41. The largest absolute Gasteiger partial charge is 0.382 e. The second-order valence-electron chi connectivity index (χ2n) is 4.18. The van der Waals surface area contributed by atoms with Gasteiger partial charge in [0.15, 0.2) is 0 Å². The number of nitrogens with one attached hydrogen (secondary N) is 1. The molecule has 0 radical (unpaired) electrons. The van der Waals surface area contributed by atoms with Crippen LogP contribution in [0.15, 0.2) is 42.5 Å². The van der Waals surface area contributed by atoms with Crippen LogP contribution in [0.5, 0.6) is 0 Å². The molecule has 1 aromatic heterocycles. The number of aromatic amines is 1. The van der Waals surface area contributed by atoms with Crippen molar-refractivity contribution < 1.29 is 0 Å². The number of hydrogen-bond donors (Lipinski definition) is 2. The predicted octanol–water partition coefficient (Wildman–Crippen LogP) is 3.12. The lowest BCUT2D eigenvalue weighted by molar-refractivity contribution is 1.10. The lowest BCUT2D eigenvalue weighted by Gasteiger charge is -2.06. The summed E-state index contributed by atoms with van der Waals surface area (Å²) < 4.78 is 0. The van der Waals surface area contributed by atoms with Crippen LogP contribution in [-0.2, 0) is 0 Å². The van der Waals surface area contributed by atoms with Crippen molar-refractivity contribution >= 4 is 16.6 Å². The van der Waals surface area contributed by atoms with Gasteiger partial charge in [0.25, 0.3) is 0 Å². The monoisotopic (exact) mass is 223 g/mol. The number of benzene rings is 2. The second kappa shape index (κ2) is 3.63. The molecule has 0 aliphatic heterocycles. The minimum atomic E-state index is 0.518. The first-order valence-corrected chi connectivity index (χ1v) is 5.55. The minimum Gasteiger partial charge on any atom is -0.382 e. The average molecular weight is 223 g/mol. The fraction of sp³-hybridized carbons (Fsp3) is 0.0714. The molecule has 3 aromatic rings. The molecule has 17 heavy (non-hydrogen) atoms. The fourth-order valence-electron chi connectivity index (χ4n) is 2.16. The van der Waals surface area contributed by atoms with Gasteiger partial charge in [-0.1, -0.05) is 36.4 Å². The van der Waals surface area contributed by atoms with Gasteiger partial charge in [-0.3, -0.25) is 5.10 Å². The molecule has 0 amide bonds. The number of aryl methyl sites for hydroxylation is 1. The van der Waals surface area contributed by atoms with E-state index < -0.39 is 0 Å². The van der Waals surface area contributed by atoms with Crippen molar-refractivity contribution in [2.45, 2.75) is 6.92 Å². The molecule has 0 fully saturated rings. The Morgan fingerprint density at radius 2 is 1.82 bits per heavy atom. The van der Waals surface area contributed by atoms with Crippen LogP contribution >= 0.6 is 0 Å². The fourth-order valence-corrected chi connectivity index (χ4v) is 2.16. The van der Waals surface area contributed by atoms with Crippen LogP contribution in [0.3, 0.4) is 0 Å². The third-order valence-corrected chi connectivity index (χ3v) is 3.03. The third-order valence-electron chi connectivity index (χ3n) is 3.03. The Labute approximate surface area is 99.3 Å². The molecule has 3 nitrogen and oxygen atoms in total. The van der Waals surface area contributed by atoms with E-state index in [1.807, 2.05) is 12.1 Å². The molecule has 84 valence electrons. The molecule has 0 aliphatic carbocycles. The van der Waals surface area contributed by atoms with E-state index >= 15 is 0 Å². The van der Waals surface area contributed by atoms with Gasteiger partial charge < -0.3 is 5.73 Å². The molecular formula is C14H13N3. The van der Waals surface area contributed by atoms with Crippen LogP contribution in [-0.4, -0.2) is 10.2 Å². The van der Waals surface area contributed by atoms with Crippen LogP contribution in [0, 0.1) is 6.92 Å². The number of fused-ring (bicyclic) bond motifs is 1. The van der Waals surface area contributed by atoms with E-state index in [4.69, 9.17) is 5.73 Å². The van der Waals surface area contributed by atoms with Crippen molar-refractivity contribution in [3.8, 4) is 11.3 Å². The van der Waals surface area contributed by atoms with Crippen molar-refractivity contribution in [2.75, 3.05) is 5.73 Å². The summed E-state index contributed by atoms with van der Waals surface area (Å²) in [6, 6.07) is 14.4. The van der Waals surface area contributed by atoms with Crippen molar-refractivity contribution in [2.24, 2.45) is 0 Å². The van der Waals surface area contributed by atoms with E-state index in [1.165, 1.54) is 16.3 Å². The number of rotatable bonds is 1. The molecular weight excluding hydrogens is 210 g/mol. The molecule has 3 heteroatoms. The number of aromatic nitrogens is 2. The van der Waals surface area contributed by atoms with E-state index in [9.17, 15) is 0 Å². The Hall–Kier alpha value is -2.29. The Kier molecular flexibility index (Phi) is 2.11. The Morgan fingerprint density at radius 3 is 2.53 bits per heavy atom. The number of anilines is 1. The van der Waals surface area contributed by atoms with E-state index in [2.05, 4.69) is 47.5 Å². The molecule has 0 aliphatic rings. The maximum absolute atomic E-state index is 5.65. The van der Waals surface area contributed by atoms with E-state index in [-0.39, 0.29) is 0 Å². The summed E-state index contributed by atoms with van der Waals surface area (Å²) in [5.41, 5.74) is 9.01. The summed E-state index contributed by atoms with van der Waals surface area (Å²) in [5.74, 6) is 0.518. The number of nitrogen functional groups attached to an aromatic ring is 1. The smallest absolute Gasteiger partial charge is 0.145 e. The van der Waals surface area contributed by atoms with Gasteiger partial charge in [-0.25, -0.2) is 0 Å². The van der Waals surface area contributed by atoms with Crippen molar-refractivity contribution in [1.29, 1.82) is 0 Å². The molecule has 0 saturated heterocycles. The standard InChI is InChI=1S/C14H13N3/c1-9-6-7-12(13-8-14(15)17-16-13)11-5-3-2-4-10(9)11/h2-8H,1H3,(H3,15,16,17). The number of hydrogen-bond acceptors (Lipinski definition) is 2. The van der Waals surface area contributed by atoms with Gasteiger partial charge in [0.1, 0.15) is 5.82 Å². The van der Waals surface area contributed by atoms with E-state index in [1.54, 1.807) is 0 Å². The first-order chi connectivity index (χ1) is 8.25. The Balaban J connectivity index is 2.34. The zero-order chi connectivity index (χ0) is 11.8. The van der Waals surface area contributed by atoms with Crippen LogP contribution in [0.1, 0.15) is 5.56 Å². The minimum absolute atomic E-state index is 0.518. The van der Waals surface area contributed by atoms with Crippen LogP contribution in [0.25, 0.3) is 22.0 Å². The highest BCUT2D eigenvalue weighted by molar-refractivity contribution is 5.97. The topological polar surface area (TPSA) is 54.7 Å². The summed E-state index contributed by atoms with van der Waals surface area (Å²) in [6.07, 6.45) is 0. The molecule has 2 aromatic carbocycles. The first kappa shape index (κ1) is 9.90. The number of nitrogens with zero attached hydrogens (tertiary/aromatic N) is 1. The van der Waals surface area contributed by atoms with E-state index in [0.717, 1.165) is 11.3 Å². The Morgan fingerprint density at radius 1 is 1.06 bits per heavy atom. The van der Waals surface area contributed by atoms with Gasteiger partial charge in [0.2, 0.25) is 0 Å². The maximum atomic E-state index is 5.65. The molecule has 1 heterocycles. The normalized spacial score (nSPS) is 10.9. The lowest BCUT2D eigenvalue weighted by Crippen LogP contribution is -1.84. The third kappa shape index (κ3) is 1.56. The van der Waals surface area contributed by atoms with Gasteiger partial charge in [-0.05, 0) is 23.3 Å². The molecule has 0 saturated carbocycles. The highest BCUT2D eigenvalue weighted by atomic mass is 15.2. The molecule has 0 unspecified atom stereocenters. The molecule has 0 bridgehead atoms. The molecule has 3 rings (SSSR count). The van der Waals surface area contributed by atoms with Gasteiger partial charge in [-0.15, -0.1) is 0 Å². The van der Waals surface area contributed by atoms with Gasteiger partial charge in [0.05, 0.1) is 5.69 Å².